The van der Waals surface area contributed by atoms with Crippen molar-refractivity contribution in [3.8, 4) is 0 Å². The maximum Gasteiger partial charge on any atom is 0.115 e. The molecule has 1 rings (SSSR count). The van der Waals surface area contributed by atoms with Crippen molar-refractivity contribution in [2.24, 2.45) is 5.92 Å². The Bertz CT molecular complexity index is 264. The lowest BCUT2D eigenvalue weighted by atomic mass is 10.2. The van der Waals surface area contributed by atoms with Crippen molar-refractivity contribution in [1.82, 2.24) is 15.3 Å². The molecule has 0 saturated heterocycles. The summed E-state index contributed by atoms with van der Waals surface area (Å²) < 4.78 is 0. The molecule has 1 aromatic heterocycles. The molecule has 0 fully saturated rings. The van der Waals surface area contributed by atoms with E-state index in [0.29, 0.717) is 11.2 Å². The van der Waals surface area contributed by atoms with Crippen LogP contribution in [0.1, 0.15) is 20.8 Å². The summed E-state index contributed by atoms with van der Waals surface area (Å²) in [4.78, 5) is 8.28. The van der Waals surface area contributed by atoms with Gasteiger partial charge in [-0.25, -0.2) is 4.98 Å². The maximum atomic E-state index is 4.23. The quantitative estimate of drug-likeness (QED) is 0.753. The van der Waals surface area contributed by atoms with Crippen LogP contribution in [0.25, 0.3) is 0 Å². The minimum atomic E-state index is 0.528. The Morgan fingerprint density at radius 3 is 2.67 bits per heavy atom. The third-order valence-electron chi connectivity index (χ3n) is 1.85. The van der Waals surface area contributed by atoms with Crippen molar-refractivity contribution in [2.75, 3.05) is 13.1 Å². The highest BCUT2D eigenvalue weighted by molar-refractivity contribution is 7.99. The van der Waals surface area contributed by atoms with Gasteiger partial charge in [-0.3, -0.25) is 4.98 Å². The average Bonchev–Trinajstić information content (AvgIpc) is 2.18. The standard InChI is InChI=1S/C11H19N3S/c1-9(2)6-13-7-10(3)15-11-8-12-4-5-14-11/h4-5,8-10,13H,6-7H2,1-3H3. The van der Waals surface area contributed by atoms with Gasteiger partial charge in [-0.1, -0.05) is 20.8 Å². The SMILES string of the molecule is CC(C)CNCC(C)Sc1cnccn1. The van der Waals surface area contributed by atoms with Gasteiger partial charge in [0.05, 0.1) is 6.20 Å². The van der Waals surface area contributed by atoms with Gasteiger partial charge in [0.1, 0.15) is 5.03 Å². The first-order valence-electron chi connectivity index (χ1n) is 5.32. The van der Waals surface area contributed by atoms with Gasteiger partial charge in [0.15, 0.2) is 0 Å². The minimum absolute atomic E-state index is 0.528. The van der Waals surface area contributed by atoms with Crippen LogP contribution in [0, 0.1) is 5.92 Å². The van der Waals surface area contributed by atoms with E-state index in [0.717, 1.165) is 18.1 Å². The van der Waals surface area contributed by atoms with Crippen LogP contribution in [0.4, 0.5) is 0 Å². The Hall–Kier alpha value is -0.610. The van der Waals surface area contributed by atoms with Crippen LogP contribution in [0.15, 0.2) is 23.6 Å². The molecule has 1 aromatic rings. The van der Waals surface area contributed by atoms with Crippen LogP contribution >= 0.6 is 11.8 Å². The van der Waals surface area contributed by atoms with Crippen LogP contribution in [0.2, 0.25) is 0 Å². The van der Waals surface area contributed by atoms with Gasteiger partial charge < -0.3 is 5.32 Å². The molecule has 0 bridgehead atoms. The highest BCUT2D eigenvalue weighted by atomic mass is 32.2. The van der Waals surface area contributed by atoms with Crippen LogP contribution in [0.5, 0.6) is 0 Å². The largest absolute Gasteiger partial charge is 0.315 e. The Morgan fingerprint density at radius 1 is 1.27 bits per heavy atom. The molecule has 1 N–H and O–H groups in total. The third kappa shape index (κ3) is 5.74. The minimum Gasteiger partial charge on any atom is -0.315 e. The first kappa shape index (κ1) is 12.5. The molecule has 0 aromatic carbocycles. The van der Waals surface area contributed by atoms with Gasteiger partial charge >= 0.3 is 0 Å². The zero-order chi connectivity index (χ0) is 11.1. The van der Waals surface area contributed by atoms with Crippen LogP contribution in [0.3, 0.4) is 0 Å². The Labute approximate surface area is 96.1 Å². The van der Waals surface area contributed by atoms with Crippen LogP contribution in [-0.4, -0.2) is 28.3 Å². The van der Waals surface area contributed by atoms with E-state index in [1.54, 1.807) is 24.2 Å². The normalized spacial score (nSPS) is 13.1. The molecule has 0 spiro atoms. The number of hydrogen-bond acceptors (Lipinski definition) is 4. The predicted octanol–water partition coefficient (Wildman–Crippen LogP) is 2.20. The fraction of sp³-hybridized carbons (Fsp3) is 0.636. The number of nitrogens with zero attached hydrogens (tertiary/aromatic N) is 2. The summed E-state index contributed by atoms with van der Waals surface area (Å²) in [6.45, 7) is 8.72. The van der Waals surface area contributed by atoms with Crippen molar-refractivity contribution in [3.05, 3.63) is 18.6 Å². The first-order valence-corrected chi connectivity index (χ1v) is 6.20. The van der Waals surface area contributed by atoms with Crippen molar-refractivity contribution < 1.29 is 0 Å². The molecule has 3 nitrogen and oxygen atoms in total. The van der Waals surface area contributed by atoms with Crippen molar-refractivity contribution in [2.45, 2.75) is 31.0 Å². The average molecular weight is 225 g/mol. The van der Waals surface area contributed by atoms with E-state index >= 15 is 0 Å². The number of thioether (sulfide) groups is 1. The molecule has 0 aliphatic carbocycles. The summed E-state index contributed by atoms with van der Waals surface area (Å²) in [6.07, 6.45) is 5.24. The lowest BCUT2D eigenvalue weighted by Crippen LogP contribution is -2.26. The van der Waals surface area contributed by atoms with Gasteiger partial charge in [-0.2, -0.15) is 0 Å². The maximum absolute atomic E-state index is 4.23. The van der Waals surface area contributed by atoms with Crippen molar-refractivity contribution in [1.29, 1.82) is 0 Å². The number of nitrogens with one attached hydrogen (secondary N) is 1. The second-order valence-electron chi connectivity index (χ2n) is 4.02. The van der Waals surface area contributed by atoms with Gasteiger partial charge in [0, 0.05) is 24.2 Å². The predicted molar refractivity (Wildman–Crippen MR) is 65.1 cm³/mol. The van der Waals surface area contributed by atoms with Gasteiger partial charge in [0.2, 0.25) is 0 Å². The lowest BCUT2D eigenvalue weighted by molar-refractivity contribution is 0.553. The van der Waals surface area contributed by atoms with Crippen molar-refractivity contribution in [3.63, 3.8) is 0 Å². The first-order chi connectivity index (χ1) is 7.18. The fourth-order valence-electron chi connectivity index (χ4n) is 1.17. The molecule has 1 atom stereocenters. The Balaban J connectivity index is 2.21. The number of aromatic nitrogens is 2. The summed E-state index contributed by atoms with van der Waals surface area (Å²) in [6, 6.07) is 0. The van der Waals surface area contributed by atoms with Gasteiger partial charge in [-0.05, 0) is 12.5 Å². The Kier molecular flexibility index (Phi) is 5.65. The molecule has 84 valence electrons. The van der Waals surface area contributed by atoms with E-state index in [1.807, 2.05) is 6.20 Å². The summed E-state index contributed by atoms with van der Waals surface area (Å²) in [5, 5.41) is 4.96. The summed E-state index contributed by atoms with van der Waals surface area (Å²) in [5.41, 5.74) is 0. The zero-order valence-corrected chi connectivity index (χ0v) is 10.4. The van der Waals surface area contributed by atoms with Gasteiger partial charge in [-0.15, -0.1) is 11.8 Å². The summed E-state index contributed by atoms with van der Waals surface area (Å²) in [5.74, 6) is 0.707. The summed E-state index contributed by atoms with van der Waals surface area (Å²) in [7, 11) is 0. The van der Waals surface area contributed by atoms with Crippen LogP contribution < -0.4 is 5.32 Å². The van der Waals surface area contributed by atoms with E-state index in [-0.39, 0.29) is 0 Å². The monoisotopic (exact) mass is 225 g/mol. The van der Waals surface area contributed by atoms with E-state index in [1.165, 1.54) is 0 Å². The molecule has 1 unspecified atom stereocenters. The molecule has 0 aliphatic heterocycles. The smallest absolute Gasteiger partial charge is 0.115 e. The zero-order valence-electron chi connectivity index (χ0n) is 9.60. The molecule has 0 aliphatic rings. The summed E-state index contributed by atoms with van der Waals surface area (Å²) >= 11 is 1.76. The van der Waals surface area contributed by atoms with Crippen molar-refractivity contribution >= 4 is 11.8 Å². The molecular weight excluding hydrogens is 206 g/mol. The fourth-order valence-corrected chi connectivity index (χ4v) is 2.03. The number of hydrogen-bond donors (Lipinski definition) is 1. The second-order valence-corrected chi connectivity index (χ2v) is 5.48. The molecular formula is C11H19N3S. The second kappa shape index (κ2) is 6.80. The van der Waals surface area contributed by atoms with Crippen LogP contribution in [-0.2, 0) is 0 Å². The van der Waals surface area contributed by atoms with E-state index in [9.17, 15) is 0 Å². The third-order valence-corrected chi connectivity index (χ3v) is 2.87. The van der Waals surface area contributed by atoms with E-state index in [2.05, 4.69) is 36.1 Å². The van der Waals surface area contributed by atoms with Gasteiger partial charge in [0.25, 0.3) is 0 Å². The molecule has 1 heterocycles. The molecule has 15 heavy (non-hydrogen) atoms. The molecule has 0 amide bonds. The molecule has 4 heteroatoms. The highest BCUT2D eigenvalue weighted by Gasteiger charge is 2.05. The van der Waals surface area contributed by atoms with E-state index in [4.69, 9.17) is 0 Å². The number of rotatable bonds is 6. The molecule has 0 saturated carbocycles. The highest BCUT2D eigenvalue weighted by Crippen LogP contribution is 2.18. The lowest BCUT2D eigenvalue weighted by Gasteiger charge is -2.12. The Morgan fingerprint density at radius 2 is 2.07 bits per heavy atom. The van der Waals surface area contributed by atoms with E-state index < -0.39 is 0 Å². The topological polar surface area (TPSA) is 37.8 Å². The molecule has 0 radical (unpaired) electrons.